The average molecular weight is 275 g/mol. The van der Waals surface area contributed by atoms with Crippen molar-refractivity contribution in [2.24, 2.45) is 0 Å². The summed E-state index contributed by atoms with van der Waals surface area (Å²) in [5, 5.41) is 14.1. The molecule has 110 valence electrons. The van der Waals surface area contributed by atoms with Crippen LogP contribution in [-0.2, 0) is 5.41 Å². The lowest BCUT2D eigenvalue weighted by Gasteiger charge is -2.37. The summed E-state index contributed by atoms with van der Waals surface area (Å²) in [5.74, 6) is 0.844. The van der Waals surface area contributed by atoms with E-state index in [1.54, 1.807) is 0 Å². The Kier molecular flexibility index (Phi) is 3.51. The molecule has 3 rings (SSSR count). The number of hydrogen-bond acceptors (Lipinski definition) is 3. The molecule has 2 atom stereocenters. The Labute approximate surface area is 121 Å². The largest absolute Gasteiger partial charge is 0.491 e. The number of aliphatic hydroxyl groups is 1. The zero-order chi connectivity index (χ0) is 14.3. The van der Waals surface area contributed by atoms with E-state index in [1.807, 2.05) is 6.07 Å². The number of aliphatic hydroxyl groups excluding tert-OH is 1. The van der Waals surface area contributed by atoms with Crippen LogP contribution in [0.2, 0.25) is 0 Å². The monoisotopic (exact) mass is 275 g/mol. The van der Waals surface area contributed by atoms with Crippen molar-refractivity contribution in [1.82, 2.24) is 5.32 Å². The second-order valence-electron chi connectivity index (χ2n) is 7.16. The predicted octanol–water partition coefficient (Wildman–Crippen LogP) is 2.92. The van der Waals surface area contributed by atoms with E-state index < -0.39 is 6.10 Å². The summed E-state index contributed by atoms with van der Waals surface area (Å²) in [7, 11) is 0. The van der Waals surface area contributed by atoms with Crippen molar-refractivity contribution in [1.29, 1.82) is 0 Å². The van der Waals surface area contributed by atoms with Gasteiger partial charge in [0.05, 0.1) is 6.04 Å². The summed E-state index contributed by atoms with van der Waals surface area (Å²) >= 11 is 0. The lowest BCUT2D eigenvalue weighted by Crippen LogP contribution is -2.49. The molecule has 3 nitrogen and oxygen atoms in total. The third-order valence-corrected chi connectivity index (χ3v) is 4.55. The Balaban J connectivity index is 1.79. The van der Waals surface area contributed by atoms with Gasteiger partial charge < -0.3 is 15.2 Å². The van der Waals surface area contributed by atoms with Crippen LogP contribution in [0.15, 0.2) is 18.2 Å². The predicted molar refractivity (Wildman–Crippen MR) is 80.2 cm³/mol. The average Bonchev–Trinajstić information content (AvgIpc) is 2.34. The van der Waals surface area contributed by atoms with Gasteiger partial charge in [0.2, 0.25) is 0 Å². The fourth-order valence-corrected chi connectivity index (χ4v) is 2.87. The van der Waals surface area contributed by atoms with Crippen molar-refractivity contribution >= 4 is 0 Å². The van der Waals surface area contributed by atoms with Crippen molar-refractivity contribution in [2.75, 3.05) is 6.61 Å². The van der Waals surface area contributed by atoms with Crippen LogP contribution >= 0.6 is 0 Å². The maximum absolute atomic E-state index is 10.5. The summed E-state index contributed by atoms with van der Waals surface area (Å²) < 4.78 is 5.89. The first-order chi connectivity index (χ1) is 9.45. The molecule has 0 radical (unpaired) electrons. The van der Waals surface area contributed by atoms with E-state index in [0.717, 1.165) is 11.3 Å². The lowest BCUT2D eigenvalue weighted by molar-refractivity contribution is 0.0606. The van der Waals surface area contributed by atoms with Crippen molar-refractivity contribution < 1.29 is 9.84 Å². The minimum absolute atomic E-state index is 0.0216. The Morgan fingerprint density at radius 3 is 2.60 bits per heavy atom. The molecule has 0 unspecified atom stereocenters. The standard InChI is InChI=1S/C17H25NO2/c1-17(2,3)11-7-8-13-15(9-11)20-10-14(16(13)19)18-12-5-4-6-12/h7-9,12,14,16,18-19H,4-6,10H2,1-3H3/t14-,16+/m1/s1. The second kappa shape index (κ2) is 5.05. The molecule has 2 N–H and O–H groups in total. The Morgan fingerprint density at radius 1 is 1.25 bits per heavy atom. The molecule has 1 saturated carbocycles. The SMILES string of the molecule is CC(C)(C)c1ccc2c(c1)OC[C@@H](NC1CCC1)[C@H]2O. The van der Waals surface area contributed by atoms with Crippen LogP contribution in [-0.4, -0.2) is 23.8 Å². The zero-order valence-corrected chi connectivity index (χ0v) is 12.6. The Bertz CT molecular complexity index is 488. The topological polar surface area (TPSA) is 41.5 Å². The van der Waals surface area contributed by atoms with Crippen LogP contribution in [0.5, 0.6) is 5.75 Å². The smallest absolute Gasteiger partial charge is 0.125 e. The molecule has 0 saturated heterocycles. The van der Waals surface area contributed by atoms with Crippen LogP contribution in [0, 0.1) is 0 Å². The van der Waals surface area contributed by atoms with Gasteiger partial charge in [-0.3, -0.25) is 0 Å². The van der Waals surface area contributed by atoms with Crippen molar-refractivity contribution in [3.05, 3.63) is 29.3 Å². The molecule has 1 aromatic rings. The van der Waals surface area contributed by atoms with Gasteiger partial charge in [0, 0.05) is 11.6 Å². The van der Waals surface area contributed by atoms with Gasteiger partial charge in [0.25, 0.3) is 0 Å². The van der Waals surface area contributed by atoms with Crippen LogP contribution in [0.4, 0.5) is 0 Å². The Morgan fingerprint density at radius 2 is 2.00 bits per heavy atom. The molecule has 1 heterocycles. The van der Waals surface area contributed by atoms with Crippen molar-refractivity contribution in [3.8, 4) is 5.75 Å². The van der Waals surface area contributed by atoms with E-state index in [0.29, 0.717) is 12.6 Å². The minimum Gasteiger partial charge on any atom is -0.491 e. The maximum atomic E-state index is 10.5. The van der Waals surface area contributed by atoms with E-state index in [-0.39, 0.29) is 11.5 Å². The molecule has 0 aromatic heterocycles. The molecule has 1 fully saturated rings. The highest BCUT2D eigenvalue weighted by Crippen LogP contribution is 2.36. The van der Waals surface area contributed by atoms with Gasteiger partial charge in [-0.25, -0.2) is 0 Å². The number of rotatable bonds is 2. The quantitative estimate of drug-likeness (QED) is 0.872. The molecule has 3 heteroatoms. The summed E-state index contributed by atoms with van der Waals surface area (Å²) in [4.78, 5) is 0. The molecule has 1 aliphatic carbocycles. The molecule has 2 aliphatic rings. The van der Waals surface area contributed by atoms with E-state index in [2.05, 4.69) is 38.2 Å². The van der Waals surface area contributed by atoms with Crippen LogP contribution in [0.1, 0.15) is 57.3 Å². The molecule has 1 aromatic carbocycles. The number of nitrogens with one attached hydrogen (secondary N) is 1. The van der Waals surface area contributed by atoms with Crippen LogP contribution < -0.4 is 10.1 Å². The van der Waals surface area contributed by atoms with Crippen LogP contribution in [0.25, 0.3) is 0 Å². The number of fused-ring (bicyclic) bond motifs is 1. The fraction of sp³-hybridized carbons (Fsp3) is 0.647. The number of benzene rings is 1. The van der Waals surface area contributed by atoms with Gasteiger partial charge in [0.1, 0.15) is 18.5 Å². The van der Waals surface area contributed by atoms with Gasteiger partial charge in [-0.15, -0.1) is 0 Å². The summed E-state index contributed by atoms with van der Waals surface area (Å²) in [5.41, 5.74) is 2.26. The van der Waals surface area contributed by atoms with Crippen molar-refractivity contribution in [2.45, 2.75) is 63.6 Å². The molecule has 1 aliphatic heterocycles. The molecule has 20 heavy (non-hydrogen) atoms. The highest BCUT2D eigenvalue weighted by Gasteiger charge is 2.32. The third kappa shape index (κ3) is 2.57. The molecule has 0 spiro atoms. The van der Waals surface area contributed by atoms with Crippen LogP contribution in [0.3, 0.4) is 0 Å². The van der Waals surface area contributed by atoms with Gasteiger partial charge in [-0.2, -0.15) is 0 Å². The number of ether oxygens (including phenoxy) is 1. The lowest BCUT2D eigenvalue weighted by atomic mass is 9.85. The first kappa shape index (κ1) is 13.9. The number of hydrogen-bond donors (Lipinski definition) is 2. The first-order valence-corrected chi connectivity index (χ1v) is 7.66. The molecular formula is C17H25NO2. The van der Waals surface area contributed by atoms with Gasteiger partial charge >= 0.3 is 0 Å². The zero-order valence-electron chi connectivity index (χ0n) is 12.6. The highest BCUT2D eigenvalue weighted by molar-refractivity contribution is 5.43. The normalized spacial score (nSPS) is 26.6. The maximum Gasteiger partial charge on any atom is 0.125 e. The van der Waals surface area contributed by atoms with Gasteiger partial charge in [-0.05, 0) is 29.9 Å². The minimum atomic E-state index is -0.464. The summed E-state index contributed by atoms with van der Waals surface area (Å²) in [6.45, 7) is 7.12. The highest BCUT2D eigenvalue weighted by atomic mass is 16.5. The second-order valence-corrected chi connectivity index (χ2v) is 7.16. The van der Waals surface area contributed by atoms with Gasteiger partial charge in [0.15, 0.2) is 0 Å². The molecular weight excluding hydrogens is 250 g/mol. The van der Waals surface area contributed by atoms with E-state index in [4.69, 9.17) is 4.74 Å². The molecule has 0 bridgehead atoms. The summed E-state index contributed by atoms with van der Waals surface area (Å²) in [6.07, 6.45) is 3.28. The molecule has 0 amide bonds. The first-order valence-electron chi connectivity index (χ1n) is 7.66. The van der Waals surface area contributed by atoms with Crippen molar-refractivity contribution in [3.63, 3.8) is 0 Å². The van der Waals surface area contributed by atoms with Gasteiger partial charge in [-0.1, -0.05) is 39.3 Å². The third-order valence-electron chi connectivity index (χ3n) is 4.55. The van der Waals surface area contributed by atoms with E-state index in [1.165, 1.54) is 24.8 Å². The summed E-state index contributed by atoms with van der Waals surface area (Å²) in [6, 6.07) is 6.80. The fourth-order valence-electron chi connectivity index (χ4n) is 2.87. The van der Waals surface area contributed by atoms with E-state index >= 15 is 0 Å². The Hall–Kier alpha value is -1.06. The van der Waals surface area contributed by atoms with E-state index in [9.17, 15) is 5.11 Å².